The van der Waals surface area contributed by atoms with Crippen molar-refractivity contribution < 1.29 is 45.8 Å². The molecule has 0 spiro atoms. The maximum absolute atomic E-state index is 8.92. The Morgan fingerprint density at radius 1 is 1.29 bits per heavy atom. The number of aliphatic hydroxyl groups excluding tert-OH is 1. The van der Waals surface area contributed by atoms with E-state index in [9.17, 15) is 0 Å². The van der Waals surface area contributed by atoms with Crippen molar-refractivity contribution in [2.24, 2.45) is 5.90 Å². The molecule has 0 aliphatic carbocycles. The zero-order valence-corrected chi connectivity index (χ0v) is 12.5. The molecule has 94 valence electrons. The number of benzene rings is 1. The first-order chi connectivity index (χ1) is 7.86. The van der Waals surface area contributed by atoms with Gasteiger partial charge in [0, 0.05) is 6.04 Å². The van der Waals surface area contributed by atoms with Gasteiger partial charge in [-0.05, 0) is 19.0 Å². The molecule has 0 aliphatic rings. The predicted octanol–water partition coefficient (Wildman–Crippen LogP) is -4.13. The minimum atomic E-state index is 0. The van der Waals surface area contributed by atoms with Gasteiger partial charge in [0.05, 0.1) is 6.61 Å². The van der Waals surface area contributed by atoms with Crippen molar-refractivity contribution in [1.29, 1.82) is 0 Å². The molecule has 1 rings (SSSR count). The SMILES string of the molecule is CNC(CO)Cc1ccccc1.N[O-].[NH3+]O.[Na+]. The third-order valence-electron chi connectivity index (χ3n) is 1.95. The Kier molecular flexibility index (Phi) is 23.9. The fraction of sp³-hybridized carbons (Fsp3) is 0.400. The third-order valence-corrected chi connectivity index (χ3v) is 1.95. The molecule has 0 saturated carbocycles. The maximum Gasteiger partial charge on any atom is 1.00 e. The largest absolute Gasteiger partial charge is 1.00 e. The molecule has 0 bridgehead atoms. The number of hydrogen-bond donors (Lipinski definition) is 5. The van der Waals surface area contributed by atoms with Crippen LogP contribution in [0.5, 0.6) is 0 Å². The van der Waals surface area contributed by atoms with Gasteiger partial charge in [-0.2, -0.15) is 0 Å². The Morgan fingerprint density at radius 2 is 1.76 bits per heavy atom. The van der Waals surface area contributed by atoms with Gasteiger partial charge in [0.25, 0.3) is 0 Å². The van der Waals surface area contributed by atoms with Crippen LogP contribution >= 0.6 is 0 Å². The molecule has 1 atom stereocenters. The summed E-state index contributed by atoms with van der Waals surface area (Å²) in [7, 11) is 1.86. The number of aliphatic hydroxyl groups is 1. The van der Waals surface area contributed by atoms with Gasteiger partial charge in [0.15, 0.2) is 0 Å². The smallest absolute Gasteiger partial charge is 0.790 e. The fourth-order valence-corrected chi connectivity index (χ4v) is 1.16. The predicted molar refractivity (Wildman–Crippen MR) is 62.3 cm³/mol. The molecular formula is C10H21N3NaO3+. The van der Waals surface area contributed by atoms with Gasteiger partial charge in [0.2, 0.25) is 0 Å². The number of hydrogen-bond acceptors (Lipinski definition) is 5. The first kappa shape index (κ1) is 22.2. The standard InChI is InChI=1S/C10H15NO.H4NO.H2NO.Na/c1-11-10(8-12)7-9-5-3-2-4-6-9;2*1-2;/h2-6,10-12H,7-8H2,1H3;2H,1H3;1H2;/q;+1;-1;+1. The van der Waals surface area contributed by atoms with Crippen LogP contribution in [0, 0.1) is 5.21 Å². The molecule has 8 N–H and O–H groups in total. The molecule has 17 heavy (non-hydrogen) atoms. The Morgan fingerprint density at radius 3 is 2.12 bits per heavy atom. The van der Waals surface area contributed by atoms with Crippen molar-refractivity contribution >= 4 is 0 Å². The molecule has 7 heteroatoms. The van der Waals surface area contributed by atoms with E-state index in [4.69, 9.17) is 15.5 Å². The quantitative estimate of drug-likeness (QED) is 0.275. The van der Waals surface area contributed by atoms with Crippen LogP contribution in [0.3, 0.4) is 0 Å². The molecule has 0 amide bonds. The molecule has 0 radical (unpaired) electrons. The molecule has 0 fully saturated rings. The summed E-state index contributed by atoms with van der Waals surface area (Å²) in [6, 6.07) is 10.3. The van der Waals surface area contributed by atoms with Gasteiger partial charge in [0.1, 0.15) is 0 Å². The van der Waals surface area contributed by atoms with E-state index in [2.05, 4.69) is 29.2 Å². The molecule has 6 nitrogen and oxygen atoms in total. The summed E-state index contributed by atoms with van der Waals surface area (Å²) in [6.45, 7) is 0.186. The van der Waals surface area contributed by atoms with E-state index in [1.54, 1.807) is 0 Å². The van der Waals surface area contributed by atoms with Gasteiger partial charge in [-0.1, -0.05) is 30.3 Å². The summed E-state index contributed by atoms with van der Waals surface area (Å²) in [5.41, 5.74) is 1.26. The summed E-state index contributed by atoms with van der Waals surface area (Å²) in [6.07, 6.45) is 0.883. The van der Waals surface area contributed by atoms with E-state index in [1.165, 1.54) is 5.56 Å². The van der Waals surface area contributed by atoms with Gasteiger partial charge < -0.3 is 21.5 Å². The van der Waals surface area contributed by atoms with Gasteiger partial charge >= 0.3 is 29.6 Å². The van der Waals surface area contributed by atoms with Crippen LogP contribution in [-0.2, 0) is 6.42 Å². The van der Waals surface area contributed by atoms with Crippen LogP contribution in [0.25, 0.3) is 0 Å². The maximum atomic E-state index is 8.92. The van der Waals surface area contributed by atoms with Gasteiger partial charge in [-0.3, -0.25) is 0 Å². The van der Waals surface area contributed by atoms with E-state index >= 15 is 0 Å². The summed E-state index contributed by atoms with van der Waals surface area (Å²) in [5, 5.41) is 26.5. The molecule has 0 aromatic heterocycles. The number of nitrogens with two attached hydrogens (primary N) is 1. The topological polar surface area (TPSA) is 129 Å². The monoisotopic (exact) mass is 254 g/mol. The average Bonchev–Trinajstić information content (AvgIpc) is 2.42. The molecule has 1 aromatic carbocycles. The number of nitrogens with one attached hydrogen (secondary N) is 1. The van der Waals surface area contributed by atoms with Gasteiger partial charge in [-0.15, -0.1) is 0 Å². The van der Waals surface area contributed by atoms with Crippen LogP contribution in [0.15, 0.2) is 30.3 Å². The van der Waals surface area contributed by atoms with Gasteiger partial charge in [-0.25, -0.2) is 11.1 Å². The summed E-state index contributed by atoms with van der Waals surface area (Å²) < 4.78 is 0. The van der Waals surface area contributed by atoms with E-state index in [1.807, 2.05) is 25.2 Å². The van der Waals surface area contributed by atoms with Crippen molar-refractivity contribution in [3.8, 4) is 0 Å². The van der Waals surface area contributed by atoms with Crippen molar-refractivity contribution in [3.63, 3.8) is 0 Å². The first-order valence-electron chi connectivity index (χ1n) is 4.74. The molecular weight excluding hydrogens is 233 g/mol. The van der Waals surface area contributed by atoms with E-state index in [-0.39, 0.29) is 42.2 Å². The normalized spacial score (nSPS) is 9.76. The van der Waals surface area contributed by atoms with Crippen molar-refractivity contribution in [3.05, 3.63) is 41.1 Å². The number of likely N-dealkylation sites (N-methyl/N-ethyl adjacent to an activating group) is 1. The molecule has 0 aliphatic heterocycles. The van der Waals surface area contributed by atoms with E-state index < -0.39 is 0 Å². The number of quaternary nitrogens is 1. The second-order valence-electron chi connectivity index (χ2n) is 2.86. The van der Waals surface area contributed by atoms with E-state index in [0.29, 0.717) is 0 Å². The van der Waals surface area contributed by atoms with Crippen molar-refractivity contribution in [2.45, 2.75) is 12.5 Å². The zero-order valence-electron chi connectivity index (χ0n) is 10.5. The summed E-state index contributed by atoms with van der Waals surface area (Å²) in [5.74, 6) is 5.50. The molecule has 0 heterocycles. The number of rotatable bonds is 4. The van der Waals surface area contributed by atoms with Crippen LogP contribution < -0.4 is 46.7 Å². The van der Waals surface area contributed by atoms with Crippen LogP contribution in [0.1, 0.15) is 5.56 Å². The molecule has 1 unspecified atom stereocenters. The van der Waals surface area contributed by atoms with Crippen molar-refractivity contribution in [1.82, 2.24) is 5.32 Å². The summed E-state index contributed by atoms with van der Waals surface area (Å²) in [4.78, 5) is 0. The Balaban J connectivity index is -0.000000355. The average molecular weight is 254 g/mol. The van der Waals surface area contributed by atoms with E-state index in [0.717, 1.165) is 6.42 Å². The Labute approximate surface area is 124 Å². The van der Waals surface area contributed by atoms with Crippen LogP contribution in [0.4, 0.5) is 0 Å². The van der Waals surface area contributed by atoms with Crippen molar-refractivity contribution in [2.75, 3.05) is 13.7 Å². The minimum Gasteiger partial charge on any atom is -0.790 e. The third kappa shape index (κ3) is 12.2. The Bertz CT molecular complexity index is 223. The zero-order chi connectivity index (χ0) is 12.8. The molecule has 1 aromatic rings. The van der Waals surface area contributed by atoms with Crippen LogP contribution in [0.2, 0.25) is 0 Å². The first-order valence-corrected chi connectivity index (χ1v) is 4.74. The second kappa shape index (κ2) is 18.3. The minimum absolute atomic E-state index is 0. The Hall–Kier alpha value is -0.0200. The van der Waals surface area contributed by atoms with Crippen LogP contribution in [-0.4, -0.2) is 30.0 Å². The second-order valence-corrected chi connectivity index (χ2v) is 2.86. The summed E-state index contributed by atoms with van der Waals surface area (Å²) >= 11 is 0. The fourth-order valence-electron chi connectivity index (χ4n) is 1.16. The molecule has 0 saturated heterocycles.